The number of methoxy groups -OCH3 is 1. The highest BCUT2D eigenvalue weighted by Crippen LogP contribution is 2.39. The Balaban J connectivity index is 3.44. The summed E-state index contributed by atoms with van der Waals surface area (Å²) < 4.78 is 82.4. The van der Waals surface area contributed by atoms with Gasteiger partial charge in [0.1, 0.15) is 0 Å². The summed E-state index contributed by atoms with van der Waals surface area (Å²) in [5, 5.41) is -0.510. The first-order valence-electron chi connectivity index (χ1n) is 4.55. The molecule has 3 nitrogen and oxygen atoms in total. The number of hydrogen-bond acceptors (Lipinski definition) is 3. The Morgan fingerprint density at radius 3 is 2.16 bits per heavy atom. The average molecular weight is 354 g/mol. The lowest BCUT2D eigenvalue weighted by Crippen LogP contribution is -2.21. The molecule has 0 spiro atoms. The van der Waals surface area contributed by atoms with E-state index in [1.54, 1.807) is 0 Å². The summed E-state index contributed by atoms with van der Waals surface area (Å²) in [5.41, 5.74) is -2.07. The first-order valence-corrected chi connectivity index (χ1v) is 5.67. The third kappa shape index (κ3) is 4.15. The zero-order valence-corrected chi connectivity index (χ0v) is 10.8. The maximum absolute atomic E-state index is 12.7. The molecule has 0 amide bonds. The number of pyridine rings is 1. The molecule has 0 aromatic carbocycles. The number of rotatable bonds is 3. The van der Waals surface area contributed by atoms with Crippen LogP contribution in [0.15, 0.2) is 6.07 Å². The summed E-state index contributed by atoms with van der Waals surface area (Å²) in [4.78, 5) is 3.23. The maximum Gasteiger partial charge on any atom is 0.574 e. The van der Waals surface area contributed by atoms with Crippen LogP contribution in [-0.2, 0) is 11.5 Å². The van der Waals surface area contributed by atoms with Crippen LogP contribution >= 0.6 is 15.9 Å². The Labute approximate surface area is 111 Å². The zero-order valence-electron chi connectivity index (χ0n) is 9.19. The first-order chi connectivity index (χ1) is 8.58. The van der Waals surface area contributed by atoms with Crippen molar-refractivity contribution < 1.29 is 35.8 Å². The molecule has 0 fully saturated rings. The molecular formula is C9H6BrF6NO2. The van der Waals surface area contributed by atoms with Crippen LogP contribution in [-0.4, -0.2) is 18.5 Å². The van der Waals surface area contributed by atoms with Gasteiger partial charge in [0.2, 0.25) is 11.8 Å². The molecule has 19 heavy (non-hydrogen) atoms. The number of hydrogen-bond donors (Lipinski definition) is 0. The molecule has 1 aromatic heterocycles. The van der Waals surface area contributed by atoms with E-state index in [1.807, 2.05) is 0 Å². The largest absolute Gasteiger partial charge is 0.574 e. The predicted molar refractivity (Wildman–Crippen MR) is 55.1 cm³/mol. The van der Waals surface area contributed by atoms with Gasteiger partial charge in [-0.2, -0.15) is 18.2 Å². The van der Waals surface area contributed by atoms with Gasteiger partial charge in [-0.15, -0.1) is 13.2 Å². The van der Waals surface area contributed by atoms with Crippen LogP contribution in [0.25, 0.3) is 0 Å². The summed E-state index contributed by atoms with van der Waals surface area (Å²) in [6.45, 7) is 0. The molecule has 1 heterocycles. The summed E-state index contributed by atoms with van der Waals surface area (Å²) in [6, 6.07) is 0.500. The van der Waals surface area contributed by atoms with Crippen LogP contribution in [0, 0.1) is 0 Å². The molecule has 1 aromatic rings. The molecule has 0 atom stereocenters. The number of aromatic nitrogens is 1. The van der Waals surface area contributed by atoms with Gasteiger partial charge in [0.25, 0.3) is 0 Å². The minimum absolute atomic E-state index is 0.500. The minimum atomic E-state index is -5.15. The van der Waals surface area contributed by atoms with E-state index in [2.05, 4.69) is 30.4 Å². The van der Waals surface area contributed by atoms with Crippen LogP contribution in [0.4, 0.5) is 26.3 Å². The number of ether oxygens (including phenoxy) is 2. The lowest BCUT2D eigenvalue weighted by molar-refractivity contribution is -0.276. The lowest BCUT2D eigenvalue weighted by Gasteiger charge is -2.17. The molecular weight excluding hydrogens is 348 g/mol. The number of halogens is 7. The summed E-state index contributed by atoms with van der Waals surface area (Å²) in [5.74, 6) is -1.83. The molecule has 0 unspecified atom stereocenters. The number of nitrogens with zero attached hydrogens (tertiary/aromatic N) is 1. The van der Waals surface area contributed by atoms with Gasteiger partial charge in [0.05, 0.1) is 12.7 Å². The highest BCUT2D eigenvalue weighted by atomic mass is 79.9. The highest BCUT2D eigenvalue weighted by Gasteiger charge is 2.39. The Kier molecular flexibility index (Phi) is 4.54. The average Bonchev–Trinajstić information content (AvgIpc) is 2.24. The van der Waals surface area contributed by atoms with Crippen molar-refractivity contribution in [2.24, 2.45) is 0 Å². The molecule has 1 rings (SSSR count). The Morgan fingerprint density at radius 1 is 1.21 bits per heavy atom. The third-order valence-electron chi connectivity index (χ3n) is 1.92. The van der Waals surface area contributed by atoms with Crippen LogP contribution in [0.5, 0.6) is 11.8 Å². The maximum atomic E-state index is 12.7. The molecule has 0 aliphatic carbocycles. The molecule has 0 saturated carbocycles. The van der Waals surface area contributed by atoms with Gasteiger partial charge < -0.3 is 9.47 Å². The van der Waals surface area contributed by atoms with E-state index in [9.17, 15) is 26.3 Å². The Bertz CT molecular complexity index is 459. The van der Waals surface area contributed by atoms with Gasteiger partial charge in [-0.1, -0.05) is 15.9 Å². The fourth-order valence-corrected chi connectivity index (χ4v) is 1.75. The van der Waals surface area contributed by atoms with Crippen LogP contribution < -0.4 is 9.47 Å². The summed E-state index contributed by atoms with van der Waals surface area (Å²) >= 11 is 2.68. The molecule has 0 radical (unpaired) electrons. The van der Waals surface area contributed by atoms with E-state index in [4.69, 9.17) is 0 Å². The van der Waals surface area contributed by atoms with Crippen molar-refractivity contribution in [2.45, 2.75) is 17.9 Å². The van der Waals surface area contributed by atoms with Crippen molar-refractivity contribution in [1.29, 1.82) is 0 Å². The van der Waals surface area contributed by atoms with Crippen molar-refractivity contribution >= 4 is 15.9 Å². The van der Waals surface area contributed by atoms with Gasteiger partial charge in [-0.05, 0) is 0 Å². The van der Waals surface area contributed by atoms with Crippen molar-refractivity contribution in [2.75, 3.05) is 7.11 Å². The van der Waals surface area contributed by atoms with Gasteiger partial charge in [0, 0.05) is 17.0 Å². The summed E-state index contributed by atoms with van der Waals surface area (Å²) in [6.07, 6.45) is -10.0. The number of alkyl halides is 7. The quantitative estimate of drug-likeness (QED) is 0.610. The fraction of sp³-hybridized carbons (Fsp3) is 0.444. The van der Waals surface area contributed by atoms with E-state index >= 15 is 0 Å². The van der Waals surface area contributed by atoms with E-state index in [0.717, 1.165) is 7.11 Å². The molecule has 10 heteroatoms. The standard InChI is InChI=1S/C9H6BrF6NO2/c1-18-6-2-5(8(11,12)13)4(3-10)7(17-6)19-9(14,15)16/h2H,3H2,1H3. The van der Waals surface area contributed by atoms with E-state index < -0.39 is 40.8 Å². The molecule has 0 aliphatic rings. The SMILES string of the molecule is COc1cc(C(F)(F)F)c(CBr)c(OC(F)(F)F)n1. The minimum Gasteiger partial charge on any atom is -0.481 e. The van der Waals surface area contributed by atoms with Gasteiger partial charge >= 0.3 is 12.5 Å². The normalized spacial score (nSPS) is 12.4. The van der Waals surface area contributed by atoms with Gasteiger partial charge in [-0.25, -0.2) is 0 Å². The highest BCUT2D eigenvalue weighted by molar-refractivity contribution is 9.08. The van der Waals surface area contributed by atoms with Crippen molar-refractivity contribution in [3.63, 3.8) is 0 Å². The third-order valence-corrected chi connectivity index (χ3v) is 2.48. The lowest BCUT2D eigenvalue weighted by atomic mass is 10.1. The predicted octanol–water partition coefficient (Wildman–Crippen LogP) is 3.90. The van der Waals surface area contributed by atoms with Crippen LogP contribution in [0.3, 0.4) is 0 Å². The first kappa shape index (κ1) is 15.9. The molecule has 108 valence electrons. The second-order valence-corrected chi connectivity index (χ2v) is 3.74. The molecule has 0 saturated heterocycles. The summed E-state index contributed by atoms with van der Waals surface area (Å²) in [7, 11) is 0.980. The van der Waals surface area contributed by atoms with Crippen LogP contribution in [0.1, 0.15) is 11.1 Å². The van der Waals surface area contributed by atoms with Crippen molar-refractivity contribution in [1.82, 2.24) is 4.98 Å². The zero-order chi connectivity index (χ0) is 14.8. The van der Waals surface area contributed by atoms with Gasteiger partial charge in [-0.3, -0.25) is 0 Å². The van der Waals surface area contributed by atoms with Crippen molar-refractivity contribution in [3.05, 3.63) is 17.2 Å². The van der Waals surface area contributed by atoms with Crippen molar-refractivity contribution in [3.8, 4) is 11.8 Å². The van der Waals surface area contributed by atoms with E-state index in [0.29, 0.717) is 6.07 Å². The van der Waals surface area contributed by atoms with Gasteiger partial charge in [0.15, 0.2) is 0 Å². The molecule has 0 aliphatic heterocycles. The topological polar surface area (TPSA) is 31.4 Å². The second-order valence-electron chi connectivity index (χ2n) is 3.18. The Morgan fingerprint density at radius 2 is 1.79 bits per heavy atom. The molecule has 0 N–H and O–H groups in total. The fourth-order valence-electron chi connectivity index (χ4n) is 1.21. The smallest absolute Gasteiger partial charge is 0.481 e. The molecule has 0 bridgehead atoms. The monoisotopic (exact) mass is 353 g/mol. The van der Waals surface area contributed by atoms with E-state index in [1.165, 1.54) is 0 Å². The second kappa shape index (κ2) is 5.43. The Hall–Kier alpha value is -1.19. The van der Waals surface area contributed by atoms with Crippen LogP contribution in [0.2, 0.25) is 0 Å². The van der Waals surface area contributed by atoms with E-state index in [-0.39, 0.29) is 0 Å².